The van der Waals surface area contributed by atoms with Gasteiger partial charge in [0.15, 0.2) is 5.78 Å². The Kier molecular flexibility index (Phi) is 5.40. The summed E-state index contributed by atoms with van der Waals surface area (Å²) in [5, 5.41) is 3.53. The molecule has 6 nitrogen and oxygen atoms in total. The lowest BCUT2D eigenvalue weighted by Gasteiger charge is -2.14. The highest BCUT2D eigenvalue weighted by Crippen LogP contribution is 2.34. The molecule has 2 aromatic carbocycles. The maximum atomic E-state index is 13.5. The number of amides is 3. The summed E-state index contributed by atoms with van der Waals surface area (Å²) in [7, 11) is 0. The number of imide groups is 1. The number of aryl methyl sites for hydroxylation is 1. The Hall–Kier alpha value is -3.41. The predicted octanol–water partition coefficient (Wildman–Crippen LogP) is 4.23. The first-order valence-corrected chi connectivity index (χ1v) is 10.4. The highest BCUT2D eigenvalue weighted by atomic mass is 16.2. The van der Waals surface area contributed by atoms with Gasteiger partial charge in [0.1, 0.15) is 6.04 Å². The Bertz CT molecular complexity index is 1120. The molecular weight excluding hydrogens is 378 g/mol. The summed E-state index contributed by atoms with van der Waals surface area (Å²) in [5.41, 5.74) is 3.27. The number of rotatable bonds is 7. The van der Waals surface area contributed by atoms with Crippen molar-refractivity contribution in [3.63, 3.8) is 0 Å². The Morgan fingerprint density at radius 1 is 1.00 bits per heavy atom. The number of hydrogen-bond donors (Lipinski definition) is 1. The van der Waals surface area contributed by atoms with Crippen molar-refractivity contribution < 1.29 is 14.4 Å². The van der Waals surface area contributed by atoms with Crippen LogP contribution < -0.4 is 5.32 Å². The molecule has 6 heteroatoms. The number of ketones is 1. The summed E-state index contributed by atoms with van der Waals surface area (Å²) in [6, 6.07) is 16.5. The molecule has 1 fully saturated rings. The Balaban J connectivity index is 1.80. The fraction of sp³-hybridized carbons (Fsp3) is 0.292. The minimum atomic E-state index is -0.541. The molecule has 4 rings (SSSR count). The zero-order valence-corrected chi connectivity index (χ0v) is 17.2. The van der Waals surface area contributed by atoms with Crippen LogP contribution in [0.2, 0.25) is 0 Å². The van der Waals surface area contributed by atoms with Crippen LogP contribution in [0.5, 0.6) is 0 Å². The van der Waals surface area contributed by atoms with Crippen LogP contribution in [0.15, 0.2) is 54.6 Å². The zero-order valence-electron chi connectivity index (χ0n) is 17.2. The van der Waals surface area contributed by atoms with Crippen molar-refractivity contribution in [2.24, 2.45) is 0 Å². The summed E-state index contributed by atoms with van der Waals surface area (Å²) in [4.78, 5) is 39.5. The van der Waals surface area contributed by atoms with E-state index >= 15 is 0 Å². The number of nitrogens with one attached hydrogen (secondary N) is 1. The number of carbonyl (C=O) groups excluding carboxylic acids is 3. The third-order valence-electron chi connectivity index (χ3n) is 5.60. The van der Waals surface area contributed by atoms with E-state index in [-0.39, 0.29) is 18.2 Å². The number of urea groups is 1. The second-order valence-electron chi connectivity index (χ2n) is 7.49. The van der Waals surface area contributed by atoms with Crippen LogP contribution in [0.4, 0.5) is 4.79 Å². The molecule has 1 N–H and O–H groups in total. The van der Waals surface area contributed by atoms with Gasteiger partial charge in [-0.05, 0) is 25.0 Å². The van der Waals surface area contributed by atoms with Gasteiger partial charge in [-0.1, -0.05) is 61.9 Å². The highest BCUT2D eigenvalue weighted by molar-refractivity contribution is 6.17. The van der Waals surface area contributed by atoms with E-state index in [0.29, 0.717) is 18.5 Å². The molecule has 1 aliphatic heterocycles. The molecule has 0 radical (unpaired) electrons. The van der Waals surface area contributed by atoms with E-state index in [9.17, 15) is 14.4 Å². The minimum absolute atomic E-state index is 0.238. The Morgan fingerprint density at radius 2 is 1.70 bits per heavy atom. The molecule has 0 spiro atoms. The lowest BCUT2D eigenvalue weighted by molar-refractivity contribution is -0.127. The van der Waals surface area contributed by atoms with E-state index < -0.39 is 12.1 Å². The molecule has 1 saturated heterocycles. The number of Topliss-reactive ketones (excluding diaryl/α,β-unsaturated/α-hetero) is 1. The average Bonchev–Trinajstić information content (AvgIpc) is 3.24. The topological polar surface area (TPSA) is 71.4 Å². The molecule has 1 atom stereocenters. The zero-order chi connectivity index (χ0) is 21.3. The van der Waals surface area contributed by atoms with E-state index in [0.717, 1.165) is 33.5 Å². The fourth-order valence-corrected chi connectivity index (χ4v) is 4.24. The van der Waals surface area contributed by atoms with Crippen molar-refractivity contribution in [1.29, 1.82) is 0 Å². The van der Waals surface area contributed by atoms with Crippen LogP contribution in [0.1, 0.15) is 37.0 Å². The first-order valence-electron chi connectivity index (χ1n) is 10.4. The Morgan fingerprint density at radius 3 is 2.40 bits per heavy atom. The summed E-state index contributed by atoms with van der Waals surface area (Å²) in [6.45, 7) is 4.43. The summed E-state index contributed by atoms with van der Waals surface area (Å²) < 4.78 is 2.11. The van der Waals surface area contributed by atoms with Gasteiger partial charge in [-0.3, -0.25) is 14.5 Å². The number of fused-ring (bicyclic) bond motifs is 1. The summed E-state index contributed by atoms with van der Waals surface area (Å²) in [5.74, 6) is -0.561. The SMILES string of the molecule is CCCC1NC(=O)N(CC(=O)c2c(-c3ccccc3)n(CC)c3ccccc23)C1=O. The van der Waals surface area contributed by atoms with Crippen molar-refractivity contribution in [2.75, 3.05) is 6.54 Å². The number of hydrogen-bond acceptors (Lipinski definition) is 3. The lowest BCUT2D eigenvalue weighted by Crippen LogP contribution is -2.36. The van der Waals surface area contributed by atoms with Crippen LogP contribution in [0.25, 0.3) is 22.2 Å². The summed E-state index contributed by atoms with van der Waals surface area (Å²) >= 11 is 0. The molecule has 3 amide bonds. The molecule has 0 aliphatic carbocycles. The average molecular weight is 403 g/mol. The molecule has 154 valence electrons. The first kappa shape index (κ1) is 19.9. The van der Waals surface area contributed by atoms with Gasteiger partial charge in [-0.2, -0.15) is 0 Å². The second-order valence-corrected chi connectivity index (χ2v) is 7.49. The van der Waals surface area contributed by atoms with Crippen LogP contribution >= 0.6 is 0 Å². The number of aromatic nitrogens is 1. The first-order chi connectivity index (χ1) is 14.6. The van der Waals surface area contributed by atoms with Gasteiger partial charge in [-0.25, -0.2) is 4.79 Å². The van der Waals surface area contributed by atoms with E-state index in [1.54, 1.807) is 0 Å². The third kappa shape index (κ3) is 3.28. The van der Waals surface area contributed by atoms with E-state index in [1.807, 2.05) is 68.4 Å². The number of benzene rings is 2. The van der Waals surface area contributed by atoms with Gasteiger partial charge in [-0.15, -0.1) is 0 Å². The molecule has 2 heterocycles. The fourth-order valence-electron chi connectivity index (χ4n) is 4.24. The normalized spacial score (nSPS) is 16.3. The maximum Gasteiger partial charge on any atom is 0.325 e. The molecular formula is C24H25N3O3. The number of nitrogens with zero attached hydrogens (tertiary/aromatic N) is 2. The number of carbonyl (C=O) groups is 3. The van der Waals surface area contributed by atoms with Crippen molar-refractivity contribution in [1.82, 2.24) is 14.8 Å². The minimum Gasteiger partial charge on any atom is -0.340 e. The Labute approximate surface area is 175 Å². The molecule has 0 bridgehead atoms. The quantitative estimate of drug-likeness (QED) is 0.474. The standard InChI is InChI=1S/C24H25N3O3/c1-3-10-18-23(29)27(24(30)25-18)15-20(28)21-17-13-8-9-14-19(17)26(4-2)22(21)16-11-6-5-7-12-16/h5-9,11-14,18H,3-4,10,15H2,1-2H3,(H,25,30). The predicted molar refractivity (Wildman–Crippen MR) is 116 cm³/mol. The molecule has 0 saturated carbocycles. The van der Waals surface area contributed by atoms with Gasteiger partial charge < -0.3 is 9.88 Å². The number of para-hydroxylation sites is 1. The smallest absolute Gasteiger partial charge is 0.325 e. The van der Waals surface area contributed by atoms with Crippen LogP contribution in [0, 0.1) is 0 Å². The van der Waals surface area contributed by atoms with Gasteiger partial charge in [0.2, 0.25) is 0 Å². The van der Waals surface area contributed by atoms with Crippen LogP contribution in [-0.2, 0) is 11.3 Å². The summed E-state index contributed by atoms with van der Waals surface area (Å²) in [6.07, 6.45) is 1.35. The molecule has 1 aliphatic rings. The van der Waals surface area contributed by atoms with E-state index in [4.69, 9.17) is 0 Å². The van der Waals surface area contributed by atoms with Gasteiger partial charge in [0.25, 0.3) is 5.91 Å². The van der Waals surface area contributed by atoms with Crippen molar-refractivity contribution >= 4 is 28.6 Å². The third-order valence-corrected chi connectivity index (χ3v) is 5.60. The molecule has 1 aromatic heterocycles. The van der Waals surface area contributed by atoms with Gasteiger partial charge in [0, 0.05) is 17.4 Å². The van der Waals surface area contributed by atoms with Gasteiger partial charge in [0.05, 0.1) is 17.8 Å². The maximum absolute atomic E-state index is 13.5. The highest BCUT2D eigenvalue weighted by Gasteiger charge is 2.39. The van der Waals surface area contributed by atoms with Crippen LogP contribution in [0.3, 0.4) is 0 Å². The molecule has 1 unspecified atom stereocenters. The second kappa shape index (κ2) is 8.14. The molecule has 30 heavy (non-hydrogen) atoms. The van der Waals surface area contributed by atoms with Crippen molar-refractivity contribution in [3.05, 3.63) is 60.2 Å². The van der Waals surface area contributed by atoms with Crippen LogP contribution in [-0.4, -0.2) is 39.8 Å². The van der Waals surface area contributed by atoms with E-state index in [2.05, 4.69) is 9.88 Å². The lowest BCUT2D eigenvalue weighted by atomic mass is 10.0. The monoisotopic (exact) mass is 403 g/mol. The van der Waals surface area contributed by atoms with Crippen molar-refractivity contribution in [3.8, 4) is 11.3 Å². The largest absolute Gasteiger partial charge is 0.340 e. The van der Waals surface area contributed by atoms with Gasteiger partial charge >= 0.3 is 6.03 Å². The van der Waals surface area contributed by atoms with E-state index in [1.165, 1.54) is 0 Å². The molecule has 3 aromatic rings. The van der Waals surface area contributed by atoms with Crippen molar-refractivity contribution in [2.45, 2.75) is 39.3 Å².